The Morgan fingerprint density at radius 1 is 0.429 bits per heavy atom. The van der Waals surface area contributed by atoms with Gasteiger partial charge in [0, 0.05) is 39.0 Å². The lowest BCUT2D eigenvalue weighted by atomic mass is 9.97. The van der Waals surface area contributed by atoms with Gasteiger partial charge in [-0.3, -0.25) is 0 Å². The lowest BCUT2D eigenvalue weighted by molar-refractivity contribution is 1.18. The van der Waals surface area contributed by atoms with Crippen LogP contribution in [0.4, 0.5) is 0 Å². The van der Waals surface area contributed by atoms with Crippen LogP contribution < -0.4 is 0 Å². The van der Waals surface area contributed by atoms with Crippen molar-refractivity contribution in [1.29, 1.82) is 5.26 Å². The van der Waals surface area contributed by atoms with Crippen molar-refractivity contribution in [2.24, 2.45) is 0 Å². The maximum Gasteiger partial charge on any atom is 0.0918 e. The van der Waals surface area contributed by atoms with Crippen LogP contribution in [0.25, 0.3) is 60.6 Å². The van der Waals surface area contributed by atoms with Gasteiger partial charge in [-0.25, -0.2) is 0 Å². The summed E-state index contributed by atoms with van der Waals surface area (Å²) in [5.41, 5.74) is 9.82. The molecule has 0 N–H and O–H groups in total. The Kier molecular flexibility index (Phi) is 5.52. The SMILES string of the molecule is N#CC=C(c1ccc(-n2c3ccccc3c3ccccc32)cc1)c1ccc(-n2c3ccccc3c3ccccc32)cc1. The normalized spacial score (nSPS) is 11.3. The molecule has 42 heavy (non-hydrogen) atoms. The molecular formula is C39H25N3. The topological polar surface area (TPSA) is 33.6 Å². The van der Waals surface area contributed by atoms with E-state index in [1.54, 1.807) is 6.08 Å². The zero-order valence-corrected chi connectivity index (χ0v) is 22.8. The van der Waals surface area contributed by atoms with E-state index in [9.17, 15) is 5.26 Å². The number of hydrogen-bond acceptors (Lipinski definition) is 1. The average Bonchev–Trinajstić information content (AvgIpc) is 3.57. The summed E-state index contributed by atoms with van der Waals surface area (Å²) in [6.07, 6.45) is 1.64. The van der Waals surface area contributed by atoms with Gasteiger partial charge in [0.2, 0.25) is 0 Å². The molecule has 0 atom stereocenters. The standard InChI is InChI=1S/C39H25N3/c40-26-25-31(27-17-21-29(22-18-27)41-36-13-5-1-9-32(36)33-10-2-6-14-37(33)41)28-19-23-30(24-20-28)42-38-15-7-3-11-34(38)35-12-4-8-16-39(35)42/h1-25H. The minimum atomic E-state index is 0.903. The highest BCUT2D eigenvalue weighted by molar-refractivity contribution is 6.10. The highest BCUT2D eigenvalue weighted by atomic mass is 15.0. The molecule has 0 aliphatic heterocycles. The monoisotopic (exact) mass is 535 g/mol. The highest BCUT2D eigenvalue weighted by Crippen LogP contribution is 2.34. The van der Waals surface area contributed by atoms with E-state index in [2.05, 4.69) is 161 Å². The molecule has 0 fully saturated rings. The number of nitrogens with zero attached hydrogens (tertiary/aromatic N) is 3. The van der Waals surface area contributed by atoms with Gasteiger partial charge in [0.05, 0.1) is 28.1 Å². The fraction of sp³-hybridized carbons (Fsp3) is 0. The Hall–Kier alpha value is -5.85. The van der Waals surface area contributed by atoms with Crippen molar-refractivity contribution in [2.45, 2.75) is 0 Å². The second-order valence-electron chi connectivity index (χ2n) is 10.5. The molecule has 0 radical (unpaired) electrons. The number of fused-ring (bicyclic) bond motifs is 6. The molecule has 0 spiro atoms. The first-order chi connectivity index (χ1) is 20.8. The van der Waals surface area contributed by atoms with Crippen LogP contribution in [0, 0.1) is 11.3 Å². The maximum absolute atomic E-state index is 9.71. The number of aromatic nitrogens is 2. The second-order valence-corrected chi connectivity index (χ2v) is 10.5. The molecule has 3 heteroatoms. The van der Waals surface area contributed by atoms with Crippen molar-refractivity contribution in [2.75, 3.05) is 0 Å². The first-order valence-electron chi connectivity index (χ1n) is 14.1. The third kappa shape index (κ3) is 3.67. The first-order valence-corrected chi connectivity index (χ1v) is 14.1. The van der Waals surface area contributed by atoms with E-state index in [1.165, 1.54) is 43.6 Å². The summed E-state index contributed by atoms with van der Waals surface area (Å²) in [5, 5.41) is 14.7. The van der Waals surface area contributed by atoms with Crippen LogP contribution in [0.1, 0.15) is 11.1 Å². The van der Waals surface area contributed by atoms with Crippen LogP contribution in [-0.4, -0.2) is 9.13 Å². The van der Waals surface area contributed by atoms with Gasteiger partial charge in [-0.05, 0) is 65.2 Å². The molecule has 0 unspecified atom stereocenters. The van der Waals surface area contributed by atoms with E-state index in [0.717, 1.165) is 28.1 Å². The molecule has 0 bridgehead atoms. The van der Waals surface area contributed by atoms with Gasteiger partial charge in [-0.15, -0.1) is 0 Å². The summed E-state index contributed by atoms with van der Waals surface area (Å²) in [7, 11) is 0. The molecule has 2 aromatic heterocycles. The van der Waals surface area contributed by atoms with Crippen molar-refractivity contribution < 1.29 is 0 Å². The fourth-order valence-corrected chi connectivity index (χ4v) is 6.38. The van der Waals surface area contributed by atoms with Crippen LogP contribution in [-0.2, 0) is 0 Å². The zero-order valence-electron chi connectivity index (χ0n) is 22.8. The van der Waals surface area contributed by atoms with Crippen LogP contribution >= 0.6 is 0 Å². The molecule has 0 amide bonds. The molecule has 0 aliphatic rings. The number of para-hydroxylation sites is 4. The zero-order chi connectivity index (χ0) is 28.0. The molecule has 6 aromatic carbocycles. The summed E-state index contributed by atoms with van der Waals surface area (Å²) in [4.78, 5) is 0. The van der Waals surface area contributed by atoms with Crippen molar-refractivity contribution in [1.82, 2.24) is 9.13 Å². The predicted octanol–water partition coefficient (Wildman–Crippen LogP) is 9.84. The molecular weight excluding hydrogens is 510 g/mol. The van der Waals surface area contributed by atoms with E-state index >= 15 is 0 Å². The van der Waals surface area contributed by atoms with Crippen LogP contribution in [0.2, 0.25) is 0 Å². The van der Waals surface area contributed by atoms with E-state index in [-0.39, 0.29) is 0 Å². The molecule has 2 heterocycles. The van der Waals surface area contributed by atoms with Crippen LogP contribution in [0.3, 0.4) is 0 Å². The van der Waals surface area contributed by atoms with Gasteiger partial charge in [-0.2, -0.15) is 5.26 Å². The number of hydrogen-bond donors (Lipinski definition) is 0. The van der Waals surface area contributed by atoms with E-state index in [1.807, 2.05) is 0 Å². The molecule has 0 saturated heterocycles. The summed E-state index contributed by atoms with van der Waals surface area (Å²) < 4.78 is 4.62. The lowest BCUT2D eigenvalue weighted by Crippen LogP contribution is -1.96. The maximum atomic E-state index is 9.71. The van der Waals surface area contributed by atoms with Gasteiger partial charge in [0.25, 0.3) is 0 Å². The summed E-state index contributed by atoms with van der Waals surface area (Å²) in [6.45, 7) is 0. The van der Waals surface area contributed by atoms with Gasteiger partial charge < -0.3 is 9.13 Å². The minimum absolute atomic E-state index is 0.903. The molecule has 3 nitrogen and oxygen atoms in total. The highest BCUT2D eigenvalue weighted by Gasteiger charge is 2.14. The first kappa shape index (κ1) is 24.0. The summed E-state index contributed by atoms with van der Waals surface area (Å²) >= 11 is 0. The predicted molar refractivity (Wildman–Crippen MR) is 174 cm³/mol. The molecule has 0 aliphatic carbocycles. The molecule has 196 valence electrons. The van der Waals surface area contributed by atoms with Crippen molar-refractivity contribution in [3.05, 3.63) is 163 Å². The van der Waals surface area contributed by atoms with Crippen LogP contribution in [0.5, 0.6) is 0 Å². The van der Waals surface area contributed by atoms with E-state index < -0.39 is 0 Å². The Labute approximate surface area is 243 Å². The largest absolute Gasteiger partial charge is 0.309 e. The third-order valence-electron chi connectivity index (χ3n) is 8.24. The van der Waals surface area contributed by atoms with E-state index in [0.29, 0.717) is 0 Å². The number of nitriles is 1. The third-order valence-corrected chi connectivity index (χ3v) is 8.24. The Morgan fingerprint density at radius 3 is 1.05 bits per heavy atom. The Morgan fingerprint density at radius 2 is 0.738 bits per heavy atom. The van der Waals surface area contributed by atoms with Crippen LogP contribution in [0.15, 0.2) is 152 Å². The molecule has 8 rings (SSSR count). The lowest BCUT2D eigenvalue weighted by Gasteiger charge is -2.13. The summed E-state index contributed by atoms with van der Waals surface area (Å²) in [5.74, 6) is 0. The second kappa shape index (κ2) is 9.66. The van der Waals surface area contributed by atoms with Crippen molar-refractivity contribution >= 4 is 49.2 Å². The van der Waals surface area contributed by atoms with Gasteiger partial charge in [0.1, 0.15) is 0 Å². The number of rotatable bonds is 4. The van der Waals surface area contributed by atoms with E-state index in [4.69, 9.17) is 0 Å². The quantitative estimate of drug-likeness (QED) is 0.207. The van der Waals surface area contributed by atoms with Crippen molar-refractivity contribution in [3.63, 3.8) is 0 Å². The van der Waals surface area contributed by atoms with Gasteiger partial charge in [0.15, 0.2) is 0 Å². The minimum Gasteiger partial charge on any atom is -0.309 e. The smallest absolute Gasteiger partial charge is 0.0918 e. The Balaban J connectivity index is 1.19. The number of allylic oxidation sites excluding steroid dienone is 1. The van der Waals surface area contributed by atoms with Crippen molar-refractivity contribution in [3.8, 4) is 17.4 Å². The molecule has 0 saturated carbocycles. The summed E-state index contributed by atoms with van der Waals surface area (Å²) in [6, 6.07) is 53.4. The van der Waals surface area contributed by atoms with Gasteiger partial charge in [-0.1, -0.05) is 97.1 Å². The fourth-order valence-electron chi connectivity index (χ4n) is 6.38. The molecule has 8 aromatic rings. The van der Waals surface area contributed by atoms with Gasteiger partial charge >= 0.3 is 0 Å². The average molecular weight is 536 g/mol. The number of benzene rings is 6. The Bertz CT molecular complexity index is 2080.